The molecule has 0 atom stereocenters. The summed E-state index contributed by atoms with van der Waals surface area (Å²) in [7, 11) is 0. The van der Waals surface area contributed by atoms with E-state index in [0.29, 0.717) is 4.96 Å². The lowest BCUT2D eigenvalue weighted by molar-refractivity contribution is -0.131. The summed E-state index contributed by atoms with van der Waals surface area (Å²) in [5.74, 6) is -2.40. The van der Waals surface area contributed by atoms with Crippen LogP contribution in [0.4, 0.5) is 0 Å². The third-order valence-electron chi connectivity index (χ3n) is 1.57. The van der Waals surface area contributed by atoms with Gasteiger partial charge in [-0.3, -0.25) is 9.20 Å². The lowest BCUT2D eigenvalue weighted by Crippen LogP contribution is -2.14. The fourth-order valence-corrected chi connectivity index (χ4v) is 1.70. The molecule has 0 saturated carbocycles. The standard InChI is InChI=1S/C7H4N2O3S/c10-5(6(11)12)4-3-8-7-9(4)1-2-13-7/h1-3H,(H,11,12). The molecular weight excluding hydrogens is 192 g/mol. The first kappa shape index (κ1) is 7.93. The summed E-state index contributed by atoms with van der Waals surface area (Å²) in [4.78, 5) is 25.9. The van der Waals surface area contributed by atoms with E-state index in [1.807, 2.05) is 0 Å². The van der Waals surface area contributed by atoms with E-state index in [4.69, 9.17) is 5.11 Å². The highest BCUT2D eigenvalue weighted by Gasteiger charge is 2.19. The number of aromatic nitrogens is 2. The maximum absolute atomic E-state index is 11.1. The number of thiazole rings is 1. The van der Waals surface area contributed by atoms with Crippen LogP contribution in [0, 0.1) is 0 Å². The number of ketones is 1. The molecule has 0 radical (unpaired) electrons. The minimum atomic E-state index is -1.46. The Morgan fingerprint density at radius 2 is 2.31 bits per heavy atom. The molecule has 0 bridgehead atoms. The van der Waals surface area contributed by atoms with E-state index < -0.39 is 11.8 Å². The molecule has 2 aromatic heterocycles. The molecule has 6 heteroatoms. The first-order valence-electron chi connectivity index (χ1n) is 3.38. The van der Waals surface area contributed by atoms with Crippen molar-refractivity contribution in [3.8, 4) is 0 Å². The first-order chi connectivity index (χ1) is 6.20. The van der Waals surface area contributed by atoms with E-state index in [1.54, 1.807) is 11.6 Å². The summed E-state index contributed by atoms with van der Waals surface area (Å²) in [5.41, 5.74) is 0.0868. The predicted octanol–water partition coefficient (Wildman–Crippen LogP) is 0.663. The molecule has 0 amide bonds. The van der Waals surface area contributed by atoms with Crippen LogP contribution in [0.3, 0.4) is 0 Å². The zero-order chi connectivity index (χ0) is 9.42. The second-order valence-electron chi connectivity index (χ2n) is 2.33. The van der Waals surface area contributed by atoms with Crippen molar-refractivity contribution in [1.29, 1.82) is 0 Å². The Bertz CT molecular complexity index is 485. The minimum Gasteiger partial charge on any atom is -0.475 e. The highest BCUT2D eigenvalue weighted by atomic mass is 32.1. The average molecular weight is 196 g/mol. The largest absolute Gasteiger partial charge is 0.475 e. The number of imidazole rings is 1. The van der Waals surface area contributed by atoms with Gasteiger partial charge in [-0.2, -0.15) is 0 Å². The number of carbonyl (C=O) groups is 2. The van der Waals surface area contributed by atoms with Gasteiger partial charge in [0.05, 0.1) is 6.20 Å². The number of carboxylic acids is 1. The average Bonchev–Trinajstić information content (AvgIpc) is 2.61. The second-order valence-corrected chi connectivity index (χ2v) is 3.21. The molecule has 0 fully saturated rings. The van der Waals surface area contributed by atoms with Crippen LogP contribution in [0.15, 0.2) is 17.8 Å². The Kier molecular flexibility index (Phi) is 1.63. The third kappa shape index (κ3) is 1.11. The van der Waals surface area contributed by atoms with Gasteiger partial charge in [0.1, 0.15) is 5.69 Å². The van der Waals surface area contributed by atoms with Crippen molar-refractivity contribution in [2.45, 2.75) is 0 Å². The zero-order valence-corrected chi connectivity index (χ0v) is 7.11. The SMILES string of the molecule is O=C(O)C(=O)c1cnc2sccn12. The Balaban J connectivity index is 2.61. The normalized spacial score (nSPS) is 10.5. The maximum atomic E-state index is 11.1. The lowest BCUT2D eigenvalue weighted by atomic mass is 10.3. The van der Waals surface area contributed by atoms with Gasteiger partial charge in [-0.05, 0) is 0 Å². The number of hydrogen-bond acceptors (Lipinski definition) is 4. The minimum absolute atomic E-state index is 0.0868. The molecule has 0 spiro atoms. The Morgan fingerprint density at radius 1 is 1.54 bits per heavy atom. The highest BCUT2D eigenvalue weighted by molar-refractivity contribution is 7.15. The fraction of sp³-hybridized carbons (Fsp3) is 0. The van der Waals surface area contributed by atoms with Crippen LogP contribution in [-0.4, -0.2) is 26.2 Å². The molecule has 5 nitrogen and oxygen atoms in total. The summed E-state index contributed by atoms with van der Waals surface area (Å²) < 4.78 is 1.46. The van der Waals surface area contributed by atoms with Gasteiger partial charge in [0.25, 0.3) is 5.78 Å². The van der Waals surface area contributed by atoms with Crippen LogP contribution in [-0.2, 0) is 4.79 Å². The van der Waals surface area contributed by atoms with E-state index in [-0.39, 0.29) is 5.69 Å². The van der Waals surface area contributed by atoms with Crippen molar-refractivity contribution in [2.24, 2.45) is 0 Å². The number of carbonyl (C=O) groups excluding carboxylic acids is 1. The van der Waals surface area contributed by atoms with Gasteiger partial charge >= 0.3 is 5.97 Å². The molecule has 2 aromatic rings. The molecule has 0 unspecified atom stereocenters. The van der Waals surface area contributed by atoms with Gasteiger partial charge in [-0.25, -0.2) is 9.78 Å². The maximum Gasteiger partial charge on any atom is 0.378 e. The first-order valence-corrected chi connectivity index (χ1v) is 4.26. The molecule has 0 aromatic carbocycles. The number of aliphatic carboxylic acids is 1. The smallest absolute Gasteiger partial charge is 0.378 e. The number of hydrogen-bond donors (Lipinski definition) is 1. The molecule has 2 rings (SSSR count). The number of rotatable bonds is 2. The molecule has 1 N–H and O–H groups in total. The van der Waals surface area contributed by atoms with Gasteiger partial charge < -0.3 is 5.11 Å². The van der Waals surface area contributed by atoms with Crippen LogP contribution in [0.2, 0.25) is 0 Å². The van der Waals surface area contributed by atoms with E-state index in [9.17, 15) is 9.59 Å². The number of nitrogens with zero attached hydrogens (tertiary/aromatic N) is 2. The third-order valence-corrected chi connectivity index (χ3v) is 2.34. The molecule has 2 heterocycles. The predicted molar refractivity (Wildman–Crippen MR) is 45.0 cm³/mol. The number of Topliss-reactive ketones (excluding diaryl/α,β-unsaturated/α-hetero) is 1. The van der Waals surface area contributed by atoms with Crippen molar-refractivity contribution >= 4 is 28.1 Å². The van der Waals surface area contributed by atoms with Crippen molar-refractivity contribution in [2.75, 3.05) is 0 Å². The van der Waals surface area contributed by atoms with Crippen LogP contribution < -0.4 is 0 Å². The van der Waals surface area contributed by atoms with Crippen LogP contribution in [0.5, 0.6) is 0 Å². The molecule has 13 heavy (non-hydrogen) atoms. The summed E-state index contributed by atoms with van der Waals surface area (Å²) in [5, 5.41) is 10.2. The summed E-state index contributed by atoms with van der Waals surface area (Å²) in [6, 6.07) is 0. The quantitative estimate of drug-likeness (QED) is 0.565. The van der Waals surface area contributed by atoms with E-state index >= 15 is 0 Å². The van der Waals surface area contributed by atoms with Crippen molar-refractivity contribution in [3.05, 3.63) is 23.5 Å². The topological polar surface area (TPSA) is 71.7 Å². The summed E-state index contributed by atoms with van der Waals surface area (Å²) >= 11 is 1.34. The number of carboxylic acid groups (broad SMARTS) is 1. The lowest BCUT2D eigenvalue weighted by Gasteiger charge is -1.90. The number of fused-ring (bicyclic) bond motifs is 1. The van der Waals surface area contributed by atoms with Crippen LogP contribution >= 0.6 is 11.3 Å². The molecular formula is C7H4N2O3S. The van der Waals surface area contributed by atoms with Gasteiger partial charge in [0, 0.05) is 11.6 Å². The Hall–Kier alpha value is -1.69. The molecule has 0 saturated heterocycles. The van der Waals surface area contributed by atoms with Gasteiger partial charge in [-0.15, -0.1) is 11.3 Å². The molecule has 0 aliphatic carbocycles. The van der Waals surface area contributed by atoms with Crippen molar-refractivity contribution < 1.29 is 14.7 Å². The molecule has 0 aliphatic rings. The Labute approximate surface area is 76.3 Å². The molecule has 0 aliphatic heterocycles. The zero-order valence-electron chi connectivity index (χ0n) is 6.30. The van der Waals surface area contributed by atoms with Crippen LogP contribution in [0.1, 0.15) is 10.5 Å². The van der Waals surface area contributed by atoms with E-state index in [1.165, 1.54) is 21.9 Å². The van der Waals surface area contributed by atoms with Crippen molar-refractivity contribution in [3.63, 3.8) is 0 Å². The Morgan fingerprint density at radius 3 is 3.00 bits per heavy atom. The second kappa shape index (κ2) is 2.67. The monoisotopic (exact) mass is 196 g/mol. The van der Waals surface area contributed by atoms with E-state index in [0.717, 1.165) is 0 Å². The molecule has 66 valence electrons. The highest BCUT2D eigenvalue weighted by Crippen LogP contribution is 2.12. The summed E-state index contributed by atoms with van der Waals surface area (Å²) in [6.45, 7) is 0. The van der Waals surface area contributed by atoms with E-state index in [2.05, 4.69) is 4.98 Å². The van der Waals surface area contributed by atoms with Crippen LogP contribution in [0.25, 0.3) is 4.96 Å². The van der Waals surface area contributed by atoms with Crippen molar-refractivity contribution in [1.82, 2.24) is 9.38 Å². The fourth-order valence-electron chi connectivity index (χ4n) is 1.00. The summed E-state index contributed by atoms with van der Waals surface area (Å²) in [6.07, 6.45) is 2.88. The van der Waals surface area contributed by atoms with Gasteiger partial charge in [0.2, 0.25) is 0 Å². The van der Waals surface area contributed by atoms with Gasteiger partial charge in [-0.1, -0.05) is 0 Å². The van der Waals surface area contributed by atoms with Gasteiger partial charge in [0.15, 0.2) is 4.96 Å².